The van der Waals surface area contributed by atoms with E-state index in [-0.39, 0.29) is 17.3 Å². The lowest BCUT2D eigenvalue weighted by Crippen LogP contribution is -2.24. The van der Waals surface area contributed by atoms with Crippen LogP contribution in [0.2, 0.25) is 10.0 Å². The Hall–Kier alpha value is -1.76. The maximum Gasteiger partial charge on any atom is 0.269 e. The van der Waals surface area contributed by atoms with E-state index >= 15 is 0 Å². The van der Waals surface area contributed by atoms with Gasteiger partial charge in [-0.2, -0.15) is 0 Å². The summed E-state index contributed by atoms with van der Waals surface area (Å²) in [4.78, 5) is 22.7. The number of nitrogens with one attached hydrogen (secondary N) is 1. The van der Waals surface area contributed by atoms with Gasteiger partial charge in [-0.3, -0.25) is 14.9 Å². The fraction of sp³-hybridized carbons (Fsp3) is 0.133. The molecule has 0 radical (unpaired) electrons. The second-order valence-corrected chi connectivity index (χ2v) is 6.44. The third-order valence-electron chi connectivity index (χ3n) is 2.91. The second kappa shape index (κ2) is 8.19. The molecule has 5 nitrogen and oxygen atoms in total. The number of nitro benzene ring substituents is 1. The molecule has 0 saturated heterocycles. The largest absolute Gasteiger partial charge is 0.351 e. The van der Waals surface area contributed by atoms with Crippen LogP contribution in [0.1, 0.15) is 5.56 Å². The summed E-state index contributed by atoms with van der Waals surface area (Å²) >= 11 is 13.1. The molecular formula is C15H12Cl2N2O3S. The Morgan fingerprint density at radius 3 is 2.48 bits per heavy atom. The number of nitro groups is 1. The number of nitrogens with zero attached hydrogens (tertiary/aromatic N) is 1. The molecule has 2 rings (SSSR count). The van der Waals surface area contributed by atoms with Gasteiger partial charge in [-0.25, -0.2) is 0 Å². The Morgan fingerprint density at radius 2 is 1.87 bits per heavy atom. The van der Waals surface area contributed by atoms with Gasteiger partial charge in [0, 0.05) is 33.6 Å². The van der Waals surface area contributed by atoms with Gasteiger partial charge < -0.3 is 5.32 Å². The fourth-order valence-electron chi connectivity index (χ4n) is 1.72. The van der Waals surface area contributed by atoms with E-state index in [9.17, 15) is 14.9 Å². The molecule has 0 bridgehead atoms. The lowest BCUT2D eigenvalue weighted by molar-refractivity contribution is -0.384. The van der Waals surface area contributed by atoms with Crippen molar-refractivity contribution in [3.05, 3.63) is 68.2 Å². The van der Waals surface area contributed by atoms with Crippen LogP contribution in [0.5, 0.6) is 0 Å². The summed E-state index contributed by atoms with van der Waals surface area (Å²) in [5.41, 5.74) is 0.806. The van der Waals surface area contributed by atoms with E-state index in [2.05, 4.69) is 5.32 Å². The Labute approximate surface area is 147 Å². The van der Waals surface area contributed by atoms with Gasteiger partial charge in [0.25, 0.3) is 5.69 Å². The van der Waals surface area contributed by atoms with E-state index in [0.29, 0.717) is 16.6 Å². The molecule has 0 aromatic heterocycles. The first-order valence-corrected chi connectivity index (χ1v) is 8.28. The Kier molecular flexibility index (Phi) is 6.27. The van der Waals surface area contributed by atoms with Gasteiger partial charge in [-0.1, -0.05) is 29.3 Å². The predicted molar refractivity (Wildman–Crippen MR) is 92.1 cm³/mol. The van der Waals surface area contributed by atoms with E-state index in [4.69, 9.17) is 23.2 Å². The number of benzene rings is 2. The van der Waals surface area contributed by atoms with Crippen molar-refractivity contribution in [2.75, 3.05) is 5.75 Å². The molecule has 0 saturated carbocycles. The number of non-ortho nitro benzene ring substituents is 1. The van der Waals surface area contributed by atoms with E-state index in [1.165, 1.54) is 23.9 Å². The van der Waals surface area contributed by atoms with Gasteiger partial charge in [0.05, 0.1) is 10.7 Å². The van der Waals surface area contributed by atoms with Crippen LogP contribution in [-0.2, 0) is 11.3 Å². The zero-order valence-electron chi connectivity index (χ0n) is 11.8. The average molecular weight is 371 g/mol. The van der Waals surface area contributed by atoms with Crippen LogP contribution < -0.4 is 5.32 Å². The molecule has 0 fully saturated rings. The van der Waals surface area contributed by atoms with Crippen LogP contribution in [0.25, 0.3) is 0 Å². The summed E-state index contributed by atoms with van der Waals surface area (Å²) in [5, 5.41) is 14.4. The second-order valence-electron chi connectivity index (χ2n) is 4.55. The fourth-order valence-corrected chi connectivity index (χ4v) is 2.93. The molecule has 0 heterocycles. The summed E-state index contributed by atoms with van der Waals surface area (Å²) in [6, 6.07) is 11.1. The number of amides is 1. The number of carbonyl (C=O) groups is 1. The SMILES string of the molecule is O=C(CSc1ccc([N+](=O)[O-])cc1)NCc1ccc(Cl)cc1Cl. The van der Waals surface area contributed by atoms with Crippen LogP contribution in [0.4, 0.5) is 5.69 Å². The number of thioether (sulfide) groups is 1. The zero-order chi connectivity index (χ0) is 16.8. The van der Waals surface area contributed by atoms with Crippen molar-refractivity contribution in [3.8, 4) is 0 Å². The summed E-state index contributed by atoms with van der Waals surface area (Å²) in [7, 11) is 0. The van der Waals surface area contributed by atoms with Crippen molar-refractivity contribution in [3.63, 3.8) is 0 Å². The summed E-state index contributed by atoms with van der Waals surface area (Å²) < 4.78 is 0. The smallest absolute Gasteiger partial charge is 0.269 e. The minimum Gasteiger partial charge on any atom is -0.351 e. The lowest BCUT2D eigenvalue weighted by atomic mass is 10.2. The molecule has 120 valence electrons. The summed E-state index contributed by atoms with van der Waals surface area (Å²) in [6.07, 6.45) is 0. The number of hydrogen-bond donors (Lipinski definition) is 1. The highest BCUT2D eigenvalue weighted by Crippen LogP contribution is 2.22. The van der Waals surface area contributed by atoms with E-state index < -0.39 is 4.92 Å². The molecule has 1 amide bonds. The quantitative estimate of drug-likeness (QED) is 0.467. The standard InChI is InChI=1S/C15H12Cl2N2O3S/c16-11-2-1-10(14(17)7-11)8-18-15(20)9-23-13-5-3-12(4-6-13)19(21)22/h1-7H,8-9H2,(H,18,20). The minimum atomic E-state index is -0.461. The van der Waals surface area contributed by atoms with Crippen molar-refractivity contribution in [1.82, 2.24) is 5.32 Å². The molecule has 0 aliphatic carbocycles. The first kappa shape index (κ1) is 17.6. The Balaban J connectivity index is 1.82. The topological polar surface area (TPSA) is 72.2 Å². The highest BCUT2D eigenvalue weighted by molar-refractivity contribution is 8.00. The molecule has 0 aliphatic heterocycles. The molecule has 1 N–H and O–H groups in total. The van der Waals surface area contributed by atoms with E-state index in [1.807, 2.05) is 0 Å². The van der Waals surface area contributed by atoms with Crippen LogP contribution >= 0.6 is 35.0 Å². The average Bonchev–Trinajstić information content (AvgIpc) is 2.52. The van der Waals surface area contributed by atoms with Crippen molar-refractivity contribution < 1.29 is 9.72 Å². The molecule has 23 heavy (non-hydrogen) atoms. The molecule has 0 spiro atoms. The van der Waals surface area contributed by atoms with Crippen molar-refractivity contribution in [1.29, 1.82) is 0 Å². The van der Waals surface area contributed by atoms with Gasteiger partial charge in [0.15, 0.2) is 0 Å². The van der Waals surface area contributed by atoms with Gasteiger partial charge in [0.1, 0.15) is 0 Å². The van der Waals surface area contributed by atoms with Gasteiger partial charge in [-0.05, 0) is 29.8 Å². The van der Waals surface area contributed by atoms with E-state index in [0.717, 1.165) is 10.5 Å². The number of halogens is 2. The number of rotatable bonds is 6. The molecule has 2 aromatic carbocycles. The Morgan fingerprint density at radius 1 is 1.17 bits per heavy atom. The van der Waals surface area contributed by atoms with E-state index in [1.54, 1.807) is 30.3 Å². The summed E-state index contributed by atoms with van der Waals surface area (Å²) in [6.45, 7) is 0.315. The van der Waals surface area contributed by atoms with Gasteiger partial charge >= 0.3 is 0 Å². The third kappa shape index (κ3) is 5.42. The molecular weight excluding hydrogens is 359 g/mol. The monoisotopic (exact) mass is 370 g/mol. The van der Waals surface area contributed by atoms with Crippen LogP contribution in [-0.4, -0.2) is 16.6 Å². The first-order valence-electron chi connectivity index (χ1n) is 6.53. The minimum absolute atomic E-state index is 0.0242. The Bertz CT molecular complexity index is 723. The van der Waals surface area contributed by atoms with Gasteiger partial charge in [0.2, 0.25) is 5.91 Å². The first-order chi connectivity index (χ1) is 11.0. The van der Waals surface area contributed by atoms with Crippen LogP contribution in [0.15, 0.2) is 47.4 Å². The molecule has 0 unspecified atom stereocenters. The predicted octanol–water partition coefficient (Wildman–Crippen LogP) is 4.31. The highest BCUT2D eigenvalue weighted by Gasteiger charge is 2.07. The zero-order valence-corrected chi connectivity index (χ0v) is 14.1. The summed E-state index contributed by atoms with van der Waals surface area (Å²) in [5.74, 6) is 0.0580. The van der Waals surface area contributed by atoms with Crippen molar-refractivity contribution in [2.24, 2.45) is 0 Å². The normalized spacial score (nSPS) is 10.3. The number of hydrogen-bond acceptors (Lipinski definition) is 4. The highest BCUT2D eigenvalue weighted by atomic mass is 35.5. The van der Waals surface area contributed by atoms with Crippen molar-refractivity contribution >= 4 is 46.6 Å². The van der Waals surface area contributed by atoms with Crippen LogP contribution in [0.3, 0.4) is 0 Å². The molecule has 0 aliphatic rings. The molecule has 0 atom stereocenters. The molecule has 8 heteroatoms. The van der Waals surface area contributed by atoms with Gasteiger partial charge in [-0.15, -0.1) is 11.8 Å². The maximum atomic E-state index is 11.8. The lowest BCUT2D eigenvalue weighted by Gasteiger charge is -2.07. The molecule has 2 aromatic rings. The number of carbonyl (C=O) groups excluding carboxylic acids is 1. The maximum absolute atomic E-state index is 11.8. The van der Waals surface area contributed by atoms with Crippen LogP contribution in [0, 0.1) is 10.1 Å². The van der Waals surface area contributed by atoms with Crippen molar-refractivity contribution in [2.45, 2.75) is 11.4 Å². The third-order valence-corrected chi connectivity index (χ3v) is 4.51.